The SMILES string of the molecule is Cn1nc(-c2ccc(OCc3ccccc3)nc2OCc2ccccc2)c2ccc(N3C4COCC3CC(CNC(=O)OC(C)(C)C)C4)cc21. The Morgan fingerprint density at radius 1 is 0.880 bits per heavy atom. The molecular formula is C40H45N5O5. The van der Waals surface area contributed by atoms with Crippen molar-refractivity contribution < 1.29 is 23.7 Å². The molecule has 2 atom stereocenters. The van der Waals surface area contributed by atoms with Crippen LogP contribution in [0.3, 0.4) is 0 Å². The van der Waals surface area contributed by atoms with E-state index in [4.69, 9.17) is 29.0 Å². The number of aryl methyl sites for hydroxylation is 1. The van der Waals surface area contributed by atoms with Crippen molar-refractivity contribution in [3.63, 3.8) is 0 Å². The molecule has 0 aliphatic carbocycles. The first-order chi connectivity index (χ1) is 24.2. The summed E-state index contributed by atoms with van der Waals surface area (Å²) in [7, 11) is 1.98. The van der Waals surface area contributed by atoms with Crippen molar-refractivity contribution in [3.05, 3.63) is 102 Å². The van der Waals surface area contributed by atoms with E-state index in [1.807, 2.05) is 105 Å². The van der Waals surface area contributed by atoms with Gasteiger partial charge in [-0.3, -0.25) is 4.68 Å². The first-order valence-electron chi connectivity index (χ1n) is 17.3. The number of aromatic nitrogens is 3. The Morgan fingerprint density at radius 3 is 2.20 bits per heavy atom. The second kappa shape index (κ2) is 14.4. The number of benzene rings is 3. The van der Waals surface area contributed by atoms with E-state index in [1.165, 1.54) is 0 Å². The number of carbonyl (C=O) groups excluding carboxylic acids is 1. The molecule has 2 unspecified atom stereocenters. The van der Waals surface area contributed by atoms with Gasteiger partial charge in [0, 0.05) is 30.7 Å². The molecule has 2 aliphatic heterocycles. The molecule has 0 radical (unpaired) electrons. The van der Waals surface area contributed by atoms with E-state index in [9.17, 15) is 4.79 Å². The van der Waals surface area contributed by atoms with Gasteiger partial charge in [-0.1, -0.05) is 60.7 Å². The highest BCUT2D eigenvalue weighted by atomic mass is 16.6. The van der Waals surface area contributed by atoms with Gasteiger partial charge in [-0.15, -0.1) is 0 Å². The number of ether oxygens (including phenoxy) is 4. The summed E-state index contributed by atoms with van der Waals surface area (Å²) in [6.45, 7) is 8.31. The molecule has 1 amide bonds. The number of fused-ring (bicyclic) bond motifs is 3. The number of hydrogen-bond donors (Lipinski definition) is 1. The van der Waals surface area contributed by atoms with Crippen LogP contribution in [0, 0.1) is 5.92 Å². The number of piperidine rings is 1. The molecule has 7 rings (SSSR count). The van der Waals surface area contributed by atoms with E-state index in [1.54, 1.807) is 0 Å². The third-order valence-electron chi connectivity index (χ3n) is 9.22. The van der Waals surface area contributed by atoms with Crippen LogP contribution in [0.4, 0.5) is 10.5 Å². The molecule has 10 heteroatoms. The zero-order chi connectivity index (χ0) is 34.7. The quantitative estimate of drug-likeness (QED) is 0.165. The van der Waals surface area contributed by atoms with Gasteiger partial charge < -0.3 is 29.2 Å². The summed E-state index contributed by atoms with van der Waals surface area (Å²) >= 11 is 0. The van der Waals surface area contributed by atoms with Crippen LogP contribution in [0.5, 0.6) is 11.8 Å². The summed E-state index contributed by atoms with van der Waals surface area (Å²) in [5.74, 6) is 1.31. The minimum atomic E-state index is -0.518. The summed E-state index contributed by atoms with van der Waals surface area (Å²) in [6, 6.07) is 31.0. The third-order valence-corrected chi connectivity index (χ3v) is 9.22. The van der Waals surface area contributed by atoms with Gasteiger partial charge in [0.05, 0.1) is 36.4 Å². The predicted molar refractivity (Wildman–Crippen MR) is 193 cm³/mol. The van der Waals surface area contributed by atoms with Crippen LogP contribution in [0.25, 0.3) is 22.2 Å². The second-order valence-corrected chi connectivity index (χ2v) is 14.2. The Morgan fingerprint density at radius 2 is 1.54 bits per heavy atom. The Balaban J connectivity index is 1.13. The Labute approximate surface area is 293 Å². The maximum atomic E-state index is 12.3. The summed E-state index contributed by atoms with van der Waals surface area (Å²) in [6.07, 6.45) is 1.48. The van der Waals surface area contributed by atoms with Crippen LogP contribution in [0.15, 0.2) is 91.0 Å². The van der Waals surface area contributed by atoms with Crippen LogP contribution in [0.2, 0.25) is 0 Å². The zero-order valence-electron chi connectivity index (χ0n) is 29.2. The van der Waals surface area contributed by atoms with Gasteiger partial charge in [0.15, 0.2) is 0 Å². The lowest BCUT2D eigenvalue weighted by Gasteiger charge is -2.50. The number of nitrogens with zero attached hydrogens (tertiary/aromatic N) is 4. The van der Waals surface area contributed by atoms with Crippen molar-refractivity contribution in [2.75, 3.05) is 24.7 Å². The molecular weight excluding hydrogens is 630 g/mol. The minimum absolute atomic E-state index is 0.212. The van der Waals surface area contributed by atoms with Gasteiger partial charge in [-0.05, 0) is 74.9 Å². The van der Waals surface area contributed by atoms with Crippen molar-refractivity contribution in [2.45, 2.75) is 64.5 Å². The predicted octanol–water partition coefficient (Wildman–Crippen LogP) is 7.30. The number of nitrogens with one attached hydrogen (secondary N) is 1. The molecule has 0 saturated carbocycles. The standard InChI is InChI=1S/C40H45N5O5/c1-40(2,3)50-39(46)41-22-29-19-31-25-47-26-32(20-29)45(31)30-15-16-33-35(21-30)44(4)43-37(33)34-17-18-36(48-23-27-11-7-5-8-12-27)42-38(34)49-24-28-13-9-6-10-14-28/h5-18,21,29,31-32H,19-20,22-26H2,1-4H3,(H,41,46). The molecule has 10 nitrogen and oxygen atoms in total. The summed E-state index contributed by atoms with van der Waals surface area (Å²) < 4.78 is 25.9. The lowest BCUT2D eigenvalue weighted by atomic mass is 9.84. The molecule has 0 spiro atoms. The average Bonchev–Trinajstić information content (AvgIpc) is 3.43. The van der Waals surface area contributed by atoms with Crippen LogP contribution in [-0.2, 0) is 29.7 Å². The Hall–Kier alpha value is -5.09. The smallest absolute Gasteiger partial charge is 0.407 e. The maximum absolute atomic E-state index is 12.3. The fourth-order valence-electron chi connectivity index (χ4n) is 7.01. The minimum Gasteiger partial charge on any atom is -0.473 e. The van der Waals surface area contributed by atoms with Crippen LogP contribution in [-0.4, -0.2) is 58.3 Å². The molecule has 4 heterocycles. The van der Waals surface area contributed by atoms with E-state index in [2.05, 4.69) is 28.4 Å². The average molecular weight is 676 g/mol. The number of morpholine rings is 1. The van der Waals surface area contributed by atoms with Crippen molar-refractivity contribution in [1.82, 2.24) is 20.1 Å². The molecule has 5 aromatic rings. The molecule has 50 heavy (non-hydrogen) atoms. The number of hydrogen-bond acceptors (Lipinski definition) is 8. The van der Waals surface area contributed by atoms with Gasteiger partial charge >= 0.3 is 6.09 Å². The molecule has 3 aromatic carbocycles. The highest BCUT2D eigenvalue weighted by Crippen LogP contribution is 2.40. The van der Waals surface area contributed by atoms with Crippen LogP contribution < -0.4 is 19.7 Å². The van der Waals surface area contributed by atoms with Crippen LogP contribution in [0.1, 0.15) is 44.7 Å². The van der Waals surface area contributed by atoms with E-state index < -0.39 is 5.60 Å². The first kappa shape index (κ1) is 33.4. The van der Waals surface area contributed by atoms with E-state index in [-0.39, 0.29) is 18.2 Å². The monoisotopic (exact) mass is 675 g/mol. The molecule has 260 valence electrons. The maximum Gasteiger partial charge on any atom is 0.407 e. The lowest BCUT2D eigenvalue weighted by molar-refractivity contribution is 0.0284. The fourth-order valence-corrected chi connectivity index (χ4v) is 7.01. The van der Waals surface area contributed by atoms with Gasteiger partial charge in [0.2, 0.25) is 11.8 Å². The van der Waals surface area contributed by atoms with E-state index >= 15 is 0 Å². The molecule has 2 saturated heterocycles. The normalized spacial score (nSPS) is 18.9. The zero-order valence-corrected chi connectivity index (χ0v) is 29.2. The molecule has 2 fully saturated rings. The molecule has 2 aliphatic rings. The Kier molecular flexibility index (Phi) is 9.63. The van der Waals surface area contributed by atoms with Crippen molar-refractivity contribution in [2.24, 2.45) is 13.0 Å². The van der Waals surface area contributed by atoms with Crippen LogP contribution >= 0.6 is 0 Å². The molecule has 1 N–H and O–H groups in total. The largest absolute Gasteiger partial charge is 0.473 e. The van der Waals surface area contributed by atoms with Crippen molar-refractivity contribution in [3.8, 4) is 23.0 Å². The van der Waals surface area contributed by atoms with Gasteiger partial charge in [0.1, 0.15) is 24.5 Å². The lowest BCUT2D eigenvalue weighted by Crippen LogP contribution is -2.58. The highest BCUT2D eigenvalue weighted by Gasteiger charge is 2.39. The number of alkyl carbamates (subject to hydrolysis) is 1. The van der Waals surface area contributed by atoms with Gasteiger partial charge in [-0.2, -0.15) is 10.1 Å². The number of pyridine rings is 1. The molecule has 2 aromatic heterocycles. The third kappa shape index (κ3) is 7.70. The Bertz CT molecular complexity index is 1910. The topological polar surface area (TPSA) is 100.0 Å². The van der Waals surface area contributed by atoms with Gasteiger partial charge in [-0.25, -0.2) is 4.79 Å². The summed E-state index contributed by atoms with van der Waals surface area (Å²) in [5, 5.41) is 9.00. The van der Waals surface area contributed by atoms with E-state index in [0.717, 1.165) is 51.8 Å². The van der Waals surface area contributed by atoms with Crippen molar-refractivity contribution in [1.29, 1.82) is 0 Å². The van der Waals surface area contributed by atoms with E-state index in [0.29, 0.717) is 50.7 Å². The van der Waals surface area contributed by atoms with Gasteiger partial charge in [0.25, 0.3) is 0 Å². The number of rotatable bonds is 10. The number of anilines is 1. The van der Waals surface area contributed by atoms with Crippen molar-refractivity contribution >= 4 is 22.7 Å². The fraction of sp³-hybridized carbons (Fsp3) is 0.375. The first-order valence-corrected chi connectivity index (χ1v) is 17.3. The summed E-state index contributed by atoms with van der Waals surface area (Å²) in [5.41, 5.74) is 5.36. The summed E-state index contributed by atoms with van der Waals surface area (Å²) in [4.78, 5) is 19.7. The number of amides is 1. The highest BCUT2D eigenvalue weighted by molar-refractivity contribution is 5.96. The second-order valence-electron chi connectivity index (χ2n) is 14.2. The number of carbonyl (C=O) groups is 1. The molecule has 2 bridgehead atoms.